The van der Waals surface area contributed by atoms with E-state index in [1.807, 2.05) is 0 Å². The van der Waals surface area contributed by atoms with Crippen LogP contribution in [0, 0.1) is 6.92 Å². The van der Waals surface area contributed by atoms with Crippen molar-refractivity contribution in [2.45, 2.75) is 40.5 Å². The zero-order valence-corrected chi connectivity index (χ0v) is 9.72. The molecule has 0 radical (unpaired) electrons. The molecule has 76 valence electrons. The van der Waals surface area contributed by atoms with Gasteiger partial charge in [0.15, 0.2) is 0 Å². The summed E-state index contributed by atoms with van der Waals surface area (Å²) in [7, 11) is 0. The van der Waals surface area contributed by atoms with E-state index in [9.17, 15) is 0 Å². The van der Waals surface area contributed by atoms with Crippen molar-refractivity contribution in [2.75, 3.05) is 0 Å². The Morgan fingerprint density at radius 1 is 1.29 bits per heavy atom. The lowest BCUT2D eigenvalue weighted by molar-refractivity contribution is 1.09. The van der Waals surface area contributed by atoms with Gasteiger partial charge in [0.1, 0.15) is 0 Å². The number of benzene rings is 1. The van der Waals surface area contributed by atoms with Crippen molar-refractivity contribution in [3.63, 3.8) is 0 Å². The molecular formula is C14H20. The predicted octanol–water partition coefficient (Wildman–Crippen LogP) is 4.37. The molecular weight excluding hydrogens is 168 g/mol. The van der Waals surface area contributed by atoms with Crippen LogP contribution >= 0.6 is 0 Å². The molecule has 0 saturated heterocycles. The van der Waals surface area contributed by atoms with Crippen molar-refractivity contribution < 1.29 is 0 Å². The Balaban J connectivity index is 3.20. The first kappa shape index (κ1) is 11.0. The van der Waals surface area contributed by atoms with Gasteiger partial charge in [-0.1, -0.05) is 38.1 Å². The van der Waals surface area contributed by atoms with Crippen LogP contribution in [0.3, 0.4) is 0 Å². The summed E-state index contributed by atoms with van der Waals surface area (Å²) in [5, 5.41) is 0. The maximum absolute atomic E-state index is 2.30. The molecule has 0 nitrogen and oxygen atoms in total. The molecule has 1 rings (SSSR count). The second-order valence-corrected chi connectivity index (χ2v) is 3.75. The molecule has 0 bridgehead atoms. The Morgan fingerprint density at radius 3 is 2.57 bits per heavy atom. The lowest BCUT2D eigenvalue weighted by Crippen LogP contribution is -1.93. The van der Waals surface area contributed by atoms with E-state index in [1.165, 1.54) is 22.3 Å². The molecule has 0 aliphatic carbocycles. The van der Waals surface area contributed by atoms with Crippen LogP contribution < -0.4 is 0 Å². The molecule has 0 heteroatoms. The minimum atomic E-state index is 1.11. The molecule has 1 aromatic carbocycles. The van der Waals surface area contributed by atoms with Crippen LogP contribution in [0.4, 0.5) is 0 Å². The Hall–Kier alpha value is -1.04. The Labute approximate surface area is 87.7 Å². The number of rotatable bonds is 3. The lowest BCUT2D eigenvalue weighted by Gasteiger charge is -2.11. The average molecular weight is 188 g/mol. The summed E-state index contributed by atoms with van der Waals surface area (Å²) in [5.74, 6) is 0. The molecule has 0 N–H and O–H groups in total. The van der Waals surface area contributed by atoms with E-state index in [2.05, 4.69) is 52.0 Å². The van der Waals surface area contributed by atoms with Crippen LogP contribution in [0.2, 0.25) is 0 Å². The highest BCUT2D eigenvalue weighted by atomic mass is 14.1. The fourth-order valence-corrected chi connectivity index (χ4v) is 1.96. The highest BCUT2D eigenvalue weighted by Crippen LogP contribution is 2.22. The summed E-state index contributed by atoms with van der Waals surface area (Å²) in [6.45, 7) is 8.81. The summed E-state index contributed by atoms with van der Waals surface area (Å²) in [4.78, 5) is 0. The highest BCUT2D eigenvalue weighted by Gasteiger charge is 2.04. The van der Waals surface area contributed by atoms with Crippen LogP contribution in [0.25, 0.3) is 5.57 Å². The van der Waals surface area contributed by atoms with Gasteiger partial charge in [0, 0.05) is 0 Å². The molecule has 0 heterocycles. The number of allylic oxidation sites excluding steroid dienone is 2. The third-order valence-corrected chi connectivity index (χ3v) is 2.70. The maximum atomic E-state index is 2.30. The van der Waals surface area contributed by atoms with E-state index in [4.69, 9.17) is 0 Å². The molecule has 0 aliphatic rings. The third-order valence-electron chi connectivity index (χ3n) is 2.70. The monoisotopic (exact) mass is 188 g/mol. The van der Waals surface area contributed by atoms with Gasteiger partial charge in [0.05, 0.1) is 0 Å². The standard InChI is InChI=1S/C14H20/c1-5-8-11(3)14-10-7-9-12(4)13(14)6-2/h7-10H,5-6H2,1-4H3/b11-8-. The van der Waals surface area contributed by atoms with E-state index in [0.29, 0.717) is 0 Å². The second-order valence-electron chi connectivity index (χ2n) is 3.75. The van der Waals surface area contributed by atoms with Crippen molar-refractivity contribution in [1.29, 1.82) is 0 Å². The highest BCUT2D eigenvalue weighted by molar-refractivity contribution is 5.67. The first-order valence-corrected chi connectivity index (χ1v) is 5.46. The minimum absolute atomic E-state index is 1.11. The van der Waals surface area contributed by atoms with Gasteiger partial charge >= 0.3 is 0 Å². The van der Waals surface area contributed by atoms with E-state index in [-0.39, 0.29) is 0 Å². The number of hydrogen-bond donors (Lipinski definition) is 0. The van der Waals surface area contributed by atoms with E-state index in [1.54, 1.807) is 0 Å². The van der Waals surface area contributed by atoms with E-state index >= 15 is 0 Å². The van der Waals surface area contributed by atoms with Gasteiger partial charge in [0.2, 0.25) is 0 Å². The van der Waals surface area contributed by atoms with E-state index < -0.39 is 0 Å². The molecule has 0 saturated carbocycles. The maximum Gasteiger partial charge on any atom is -0.0196 e. The summed E-state index contributed by atoms with van der Waals surface area (Å²) in [6.07, 6.45) is 4.54. The fourth-order valence-electron chi connectivity index (χ4n) is 1.96. The average Bonchev–Trinajstić information content (AvgIpc) is 2.17. The summed E-state index contributed by atoms with van der Waals surface area (Å²) < 4.78 is 0. The van der Waals surface area contributed by atoms with Gasteiger partial charge in [-0.25, -0.2) is 0 Å². The van der Waals surface area contributed by atoms with Crippen LogP contribution in [0.15, 0.2) is 24.3 Å². The van der Waals surface area contributed by atoms with Crippen molar-refractivity contribution in [1.82, 2.24) is 0 Å². The SMILES string of the molecule is CC/C=C(/C)c1cccc(C)c1CC. The molecule has 1 aromatic rings. The quantitative estimate of drug-likeness (QED) is 0.660. The number of hydrogen-bond acceptors (Lipinski definition) is 0. The molecule has 0 amide bonds. The van der Waals surface area contributed by atoms with Gasteiger partial charge in [-0.05, 0) is 49.0 Å². The molecule has 14 heavy (non-hydrogen) atoms. The van der Waals surface area contributed by atoms with Gasteiger partial charge in [-0.3, -0.25) is 0 Å². The topological polar surface area (TPSA) is 0 Å². The first-order chi connectivity index (χ1) is 6.70. The van der Waals surface area contributed by atoms with Crippen molar-refractivity contribution in [3.05, 3.63) is 41.0 Å². The number of aryl methyl sites for hydroxylation is 1. The van der Waals surface area contributed by atoms with Crippen LogP contribution in [0.5, 0.6) is 0 Å². The van der Waals surface area contributed by atoms with Crippen LogP contribution in [-0.2, 0) is 6.42 Å². The zero-order chi connectivity index (χ0) is 10.6. The second kappa shape index (κ2) is 4.99. The van der Waals surface area contributed by atoms with Gasteiger partial charge < -0.3 is 0 Å². The van der Waals surface area contributed by atoms with Gasteiger partial charge in [-0.15, -0.1) is 0 Å². The Morgan fingerprint density at radius 2 is 2.00 bits per heavy atom. The largest absolute Gasteiger partial charge is 0.0813 e. The summed E-state index contributed by atoms with van der Waals surface area (Å²) in [6, 6.07) is 6.58. The summed E-state index contributed by atoms with van der Waals surface area (Å²) in [5.41, 5.74) is 5.74. The third kappa shape index (κ3) is 2.25. The molecule has 0 aromatic heterocycles. The van der Waals surface area contributed by atoms with Crippen molar-refractivity contribution in [3.8, 4) is 0 Å². The predicted molar refractivity (Wildman–Crippen MR) is 64.5 cm³/mol. The van der Waals surface area contributed by atoms with Crippen molar-refractivity contribution in [2.24, 2.45) is 0 Å². The molecule has 0 fully saturated rings. The van der Waals surface area contributed by atoms with Crippen molar-refractivity contribution >= 4 is 5.57 Å². The van der Waals surface area contributed by atoms with E-state index in [0.717, 1.165) is 12.8 Å². The smallest absolute Gasteiger partial charge is 0.0196 e. The minimum Gasteiger partial charge on any atom is -0.0813 e. The van der Waals surface area contributed by atoms with Gasteiger partial charge in [0.25, 0.3) is 0 Å². The normalized spacial score (nSPS) is 11.9. The molecule has 0 spiro atoms. The molecule has 0 atom stereocenters. The molecule has 0 aliphatic heterocycles. The van der Waals surface area contributed by atoms with Gasteiger partial charge in [-0.2, -0.15) is 0 Å². The lowest BCUT2D eigenvalue weighted by atomic mass is 9.94. The first-order valence-electron chi connectivity index (χ1n) is 5.46. The summed E-state index contributed by atoms with van der Waals surface area (Å²) >= 11 is 0. The Kier molecular flexibility index (Phi) is 3.94. The Bertz CT molecular complexity index is 332. The van der Waals surface area contributed by atoms with Crippen LogP contribution in [-0.4, -0.2) is 0 Å². The zero-order valence-electron chi connectivity index (χ0n) is 9.72. The fraction of sp³-hybridized carbons (Fsp3) is 0.429. The van der Waals surface area contributed by atoms with Crippen LogP contribution in [0.1, 0.15) is 43.9 Å². The molecule has 0 unspecified atom stereocenters.